The summed E-state index contributed by atoms with van der Waals surface area (Å²) in [5, 5.41) is 22.3. The van der Waals surface area contributed by atoms with Gasteiger partial charge >= 0.3 is 23.9 Å². The van der Waals surface area contributed by atoms with E-state index in [4.69, 9.17) is 23.7 Å². The molecule has 4 aliphatic rings. The largest absolute Gasteiger partial charge is 0.462 e. The Morgan fingerprint density at radius 2 is 1.70 bits per heavy atom. The van der Waals surface area contributed by atoms with Gasteiger partial charge in [-0.1, -0.05) is 13.0 Å². The molecule has 0 aromatic heterocycles. The van der Waals surface area contributed by atoms with Crippen LogP contribution in [0.5, 0.6) is 0 Å². The number of carbonyl (C=O) groups is 4. The lowest BCUT2D eigenvalue weighted by Crippen LogP contribution is -2.68. The monoisotopic (exact) mass is 522 g/mol. The highest BCUT2D eigenvalue weighted by Gasteiger charge is 2.77. The summed E-state index contributed by atoms with van der Waals surface area (Å²) in [6, 6.07) is 0. The Bertz CT molecular complexity index is 1060. The standard InChI is InChI=1S/C26H34O11/c1-12-23(31)36-20-9-16(11-27)7-8-17(33-13(2)28)24(5)18(34-14(3)29)10-19-25(6,37-19)21(24)22(26(12,20)32)35-15(4)30/h7-9,12,17-22,27,32H,10-11H2,1-6H3/b8-7-,16-9+/t12-,17+,18-,19+,20-,21+,22+,24-,25+,26-/m0/s1. The maximum absolute atomic E-state index is 12.8. The highest BCUT2D eigenvalue weighted by atomic mass is 16.6. The summed E-state index contributed by atoms with van der Waals surface area (Å²) in [5.41, 5.74) is -4.15. The van der Waals surface area contributed by atoms with Gasteiger partial charge in [-0.25, -0.2) is 0 Å². The van der Waals surface area contributed by atoms with Crippen LogP contribution >= 0.6 is 0 Å². The molecule has 1 saturated carbocycles. The summed E-state index contributed by atoms with van der Waals surface area (Å²) in [6.07, 6.45) is -0.371. The van der Waals surface area contributed by atoms with E-state index in [1.807, 2.05) is 0 Å². The van der Waals surface area contributed by atoms with Gasteiger partial charge in [-0.05, 0) is 31.6 Å². The van der Waals surface area contributed by atoms with Crippen LogP contribution in [0.1, 0.15) is 48.0 Å². The fourth-order valence-electron chi connectivity index (χ4n) is 6.52. The maximum atomic E-state index is 12.8. The maximum Gasteiger partial charge on any atom is 0.312 e. The van der Waals surface area contributed by atoms with Gasteiger partial charge in [-0.3, -0.25) is 19.2 Å². The predicted octanol–water partition coefficient (Wildman–Crippen LogP) is 0.746. The van der Waals surface area contributed by atoms with E-state index in [0.29, 0.717) is 0 Å². The minimum Gasteiger partial charge on any atom is -0.462 e. The van der Waals surface area contributed by atoms with Crippen LogP contribution < -0.4 is 0 Å². The van der Waals surface area contributed by atoms with Gasteiger partial charge in [0.05, 0.1) is 29.6 Å². The van der Waals surface area contributed by atoms with Crippen molar-refractivity contribution in [3.8, 4) is 0 Å². The Labute approximate surface area is 214 Å². The summed E-state index contributed by atoms with van der Waals surface area (Å²) in [6.45, 7) is 8.14. The van der Waals surface area contributed by atoms with Gasteiger partial charge in [0.1, 0.15) is 18.3 Å². The molecule has 2 N–H and O–H groups in total. The third-order valence-electron chi connectivity index (χ3n) is 8.43. The second-order valence-electron chi connectivity index (χ2n) is 10.8. The second kappa shape index (κ2) is 9.21. The van der Waals surface area contributed by atoms with Crippen LogP contribution in [0.3, 0.4) is 0 Å². The molecule has 11 nitrogen and oxygen atoms in total. The Morgan fingerprint density at radius 1 is 1.08 bits per heavy atom. The van der Waals surface area contributed by atoms with Gasteiger partial charge in [0.25, 0.3) is 0 Å². The first-order chi connectivity index (χ1) is 17.2. The smallest absolute Gasteiger partial charge is 0.312 e. The molecular weight excluding hydrogens is 488 g/mol. The van der Waals surface area contributed by atoms with Crippen molar-refractivity contribution in [1.29, 1.82) is 0 Å². The van der Waals surface area contributed by atoms with Crippen LogP contribution in [0.2, 0.25) is 0 Å². The molecule has 2 saturated heterocycles. The lowest BCUT2D eigenvalue weighted by atomic mass is 9.53. The number of ether oxygens (including phenoxy) is 5. The molecule has 204 valence electrons. The van der Waals surface area contributed by atoms with E-state index in [-0.39, 0.29) is 12.0 Å². The molecule has 0 spiro atoms. The number of rotatable bonds is 4. The highest BCUT2D eigenvalue weighted by molar-refractivity contribution is 5.78. The number of hydrogen-bond acceptors (Lipinski definition) is 11. The Hall–Kier alpha value is -2.76. The zero-order valence-electron chi connectivity index (χ0n) is 21.8. The van der Waals surface area contributed by atoms with Crippen LogP contribution in [0, 0.1) is 17.3 Å². The Kier molecular flexibility index (Phi) is 6.79. The fraction of sp³-hybridized carbons (Fsp3) is 0.692. The summed E-state index contributed by atoms with van der Waals surface area (Å²) < 4.78 is 29.0. The van der Waals surface area contributed by atoms with E-state index in [0.717, 1.165) is 0 Å². The SMILES string of the molecule is CC(=O)O[C@H]1C[C@H]2O[C@@]2(C)[C@@H]2[C@@H](OC(C)=O)[C@@]3(O)[C@H](/C=C(CO)\C=C/[C@@H](OC(C)=O)[C@@]12C)OC(=O)[C@@H]3C. The van der Waals surface area contributed by atoms with Crippen molar-refractivity contribution in [2.75, 3.05) is 6.61 Å². The third-order valence-corrected chi connectivity index (χ3v) is 8.43. The molecule has 10 atom stereocenters. The lowest BCUT2D eigenvalue weighted by molar-refractivity contribution is -0.228. The first kappa shape index (κ1) is 27.3. The molecule has 0 aromatic rings. The number of hydrogen-bond donors (Lipinski definition) is 2. The van der Waals surface area contributed by atoms with Crippen LogP contribution in [0.25, 0.3) is 0 Å². The quantitative estimate of drug-likeness (QED) is 0.305. The molecule has 37 heavy (non-hydrogen) atoms. The van der Waals surface area contributed by atoms with E-state index >= 15 is 0 Å². The molecule has 11 heteroatoms. The minimum atomic E-state index is -2.10. The molecule has 2 aliphatic carbocycles. The Morgan fingerprint density at radius 3 is 2.27 bits per heavy atom. The first-order valence-electron chi connectivity index (χ1n) is 12.3. The number of esters is 4. The summed E-state index contributed by atoms with van der Waals surface area (Å²) in [4.78, 5) is 49.8. The number of epoxide rings is 1. The normalized spacial score (nSPS) is 46.5. The van der Waals surface area contributed by atoms with Crippen molar-refractivity contribution in [1.82, 2.24) is 0 Å². The van der Waals surface area contributed by atoms with Crippen LogP contribution in [0.15, 0.2) is 23.8 Å². The van der Waals surface area contributed by atoms with E-state index < -0.39 is 89.5 Å². The molecule has 0 bridgehead atoms. The van der Waals surface area contributed by atoms with Crippen molar-refractivity contribution in [2.24, 2.45) is 17.3 Å². The molecule has 0 amide bonds. The zero-order valence-corrected chi connectivity index (χ0v) is 21.8. The van der Waals surface area contributed by atoms with Crippen LogP contribution in [0.4, 0.5) is 0 Å². The van der Waals surface area contributed by atoms with Gasteiger partial charge < -0.3 is 33.9 Å². The number of aliphatic hydroxyl groups excluding tert-OH is 1. The topological polar surface area (TPSA) is 158 Å². The molecular formula is C26H34O11. The molecule has 2 heterocycles. The molecule has 0 unspecified atom stereocenters. The van der Waals surface area contributed by atoms with Gasteiger partial charge in [-0.2, -0.15) is 0 Å². The second-order valence-corrected chi connectivity index (χ2v) is 10.8. The van der Waals surface area contributed by atoms with E-state index in [2.05, 4.69) is 0 Å². The van der Waals surface area contributed by atoms with Crippen molar-refractivity contribution in [3.05, 3.63) is 23.8 Å². The van der Waals surface area contributed by atoms with Gasteiger partial charge in [0, 0.05) is 33.1 Å². The summed E-state index contributed by atoms with van der Waals surface area (Å²) in [7, 11) is 0. The van der Waals surface area contributed by atoms with E-state index in [1.54, 1.807) is 19.9 Å². The first-order valence-corrected chi connectivity index (χ1v) is 12.3. The molecule has 0 radical (unpaired) electrons. The van der Waals surface area contributed by atoms with Crippen molar-refractivity contribution >= 4 is 23.9 Å². The van der Waals surface area contributed by atoms with Crippen molar-refractivity contribution < 1.29 is 53.1 Å². The number of aliphatic hydroxyl groups is 2. The molecule has 3 fully saturated rings. The van der Waals surface area contributed by atoms with Gasteiger partial charge in [0.15, 0.2) is 11.7 Å². The Balaban J connectivity index is 2.04. The average molecular weight is 523 g/mol. The molecule has 0 aromatic carbocycles. The average Bonchev–Trinajstić information content (AvgIpc) is 3.40. The zero-order chi connectivity index (χ0) is 27.5. The van der Waals surface area contributed by atoms with Crippen LogP contribution in [-0.4, -0.2) is 82.4 Å². The molecule has 4 rings (SSSR count). The number of fused-ring (bicyclic) bond motifs is 4. The summed E-state index contributed by atoms with van der Waals surface area (Å²) >= 11 is 0. The highest BCUT2D eigenvalue weighted by Crippen LogP contribution is 2.64. The van der Waals surface area contributed by atoms with E-state index in [9.17, 15) is 29.4 Å². The minimum absolute atomic E-state index is 0.261. The van der Waals surface area contributed by atoms with Gasteiger partial charge in [0.2, 0.25) is 0 Å². The van der Waals surface area contributed by atoms with Gasteiger partial charge in [-0.15, -0.1) is 0 Å². The van der Waals surface area contributed by atoms with E-state index in [1.165, 1.54) is 39.8 Å². The fourth-order valence-corrected chi connectivity index (χ4v) is 6.52. The van der Waals surface area contributed by atoms with Crippen molar-refractivity contribution in [2.45, 2.75) is 89.7 Å². The molecule has 2 aliphatic heterocycles. The van der Waals surface area contributed by atoms with Crippen molar-refractivity contribution in [3.63, 3.8) is 0 Å². The number of carbonyl (C=O) groups excluding carboxylic acids is 4. The predicted molar refractivity (Wildman–Crippen MR) is 124 cm³/mol. The third kappa shape index (κ3) is 4.26. The van der Waals surface area contributed by atoms with Crippen LogP contribution in [-0.2, 0) is 42.9 Å². The summed E-state index contributed by atoms with van der Waals surface area (Å²) in [5.74, 6) is -4.74. The lowest BCUT2D eigenvalue weighted by Gasteiger charge is -2.54.